The highest BCUT2D eigenvalue weighted by molar-refractivity contribution is 5.70. The van der Waals surface area contributed by atoms with Crippen molar-refractivity contribution in [2.75, 3.05) is 13.6 Å². The molecule has 1 fully saturated rings. The lowest BCUT2D eigenvalue weighted by Crippen LogP contribution is -2.29. The maximum absolute atomic E-state index is 10.6. The number of hydrogen-bond donors (Lipinski definition) is 1. The third kappa shape index (κ3) is 3.84. The molecule has 0 heterocycles. The van der Waals surface area contributed by atoms with E-state index in [1.807, 2.05) is 24.3 Å². The molecule has 0 saturated heterocycles. The standard InChI is InChI=1S/C15H21NO2/c1-16(10-13-3-2-4-13)11-14-7-5-12(6-8-14)9-15(17)18/h5-8,13H,2-4,9-11H2,1H3,(H,17,18). The van der Waals surface area contributed by atoms with Gasteiger partial charge in [-0.2, -0.15) is 0 Å². The Kier molecular flexibility index (Phi) is 4.37. The van der Waals surface area contributed by atoms with Crippen molar-refractivity contribution < 1.29 is 9.90 Å². The van der Waals surface area contributed by atoms with Gasteiger partial charge in [0.05, 0.1) is 6.42 Å². The minimum absolute atomic E-state index is 0.109. The van der Waals surface area contributed by atoms with E-state index in [1.54, 1.807) is 0 Å². The Morgan fingerprint density at radius 2 is 1.89 bits per heavy atom. The van der Waals surface area contributed by atoms with Crippen LogP contribution in [0.25, 0.3) is 0 Å². The molecule has 0 bridgehead atoms. The molecule has 0 unspecified atom stereocenters. The maximum Gasteiger partial charge on any atom is 0.307 e. The van der Waals surface area contributed by atoms with Crippen molar-refractivity contribution in [2.45, 2.75) is 32.2 Å². The van der Waals surface area contributed by atoms with Crippen molar-refractivity contribution in [3.8, 4) is 0 Å². The summed E-state index contributed by atoms with van der Waals surface area (Å²) < 4.78 is 0. The smallest absolute Gasteiger partial charge is 0.307 e. The van der Waals surface area contributed by atoms with Gasteiger partial charge in [-0.05, 0) is 36.9 Å². The zero-order valence-corrected chi connectivity index (χ0v) is 10.9. The van der Waals surface area contributed by atoms with Crippen LogP contribution >= 0.6 is 0 Å². The van der Waals surface area contributed by atoms with Crippen LogP contribution in [0.5, 0.6) is 0 Å². The molecule has 0 atom stereocenters. The van der Waals surface area contributed by atoms with E-state index in [2.05, 4.69) is 11.9 Å². The summed E-state index contributed by atoms with van der Waals surface area (Å²) in [5.74, 6) is 0.117. The van der Waals surface area contributed by atoms with Crippen LogP contribution in [-0.4, -0.2) is 29.6 Å². The van der Waals surface area contributed by atoms with Crippen molar-refractivity contribution in [1.82, 2.24) is 4.90 Å². The summed E-state index contributed by atoms with van der Waals surface area (Å²) in [7, 11) is 2.16. The highest BCUT2D eigenvalue weighted by Gasteiger charge is 2.18. The molecule has 0 radical (unpaired) electrons. The van der Waals surface area contributed by atoms with Crippen LogP contribution in [-0.2, 0) is 17.8 Å². The zero-order valence-electron chi connectivity index (χ0n) is 10.9. The van der Waals surface area contributed by atoms with Gasteiger partial charge in [-0.3, -0.25) is 4.79 Å². The average Bonchev–Trinajstić information content (AvgIpc) is 2.26. The summed E-state index contributed by atoms with van der Waals surface area (Å²) in [6.07, 6.45) is 4.25. The van der Waals surface area contributed by atoms with E-state index < -0.39 is 5.97 Å². The number of benzene rings is 1. The molecule has 1 N–H and O–H groups in total. The molecule has 0 spiro atoms. The van der Waals surface area contributed by atoms with Crippen molar-refractivity contribution in [3.63, 3.8) is 0 Å². The molecule has 1 aliphatic rings. The third-order valence-corrected chi connectivity index (χ3v) is 3.63. The van der Waals surface area contributed by atoms with Gasteiger partial charge in [0.25, 0.3) is 0 Å². The predicted octanol–water partition coefficient (Wildman–Crippen LogP) is 2.55. The molecule has 0 aliphatic heterocycles. The van der Waals surface area contributed by atoms with Gasteiger partial charge < -0.3 is 10.0 Å². The number of carbonyl (C=O) groups is 1. The summed E-state index contributed by atoms with van der Waals surface area (Å²) in [5.41, 5.74) is 2.12. The first-order valence-corrected chi connectivity index (χ1v) is 6.61. The molecule has 1 aromatic carbocycles. The lowest BCUT2D eigenvalue weighted by atomic mass is 9.85. The second-order valence-corrected chi connectivity index (χ2v) is 5.38. The van der Waals surface area contributed by atoms with Crippen molar-refractivity contribution in [1.29, 1.82) is 0 Å². The topological polar surface area (TPSA) is 40.5 Å². The van der Waals surface area contributed by atoms with Crippen LogP contribution < -0.4 is 0 Å². The molecule has 1 aromatic rings. The minimum atomic E-state index is -0.773. The van der Waals surface area contributed by atoms with Crippen LogP contribution in [0.2, 0.25) is 0 Å². The highest BCUT2D eigenvalue weighted by atomic mass is 16.4. The van der Waals surface area contributed by atoms with Gasteiger partial charge in [-0.15, -0.1) is 0 Å². The molecule has 0 aromatic heterocycles. The first-order valence-electron chi connectivity index (χ1n) is 6.61. The average molecular weight is 247 g/mol. The summed E-state index contributed by atoms with van der Waals surface area (Å²) >= 11 is 0. The van der Waals surface area contributed by atoms with Gasteiger partial charge in [-0.1, -0.05) is 30.7 Å². The Balaban J connectivity index is 1.83. The monoisotopic (exact) mass is 247 g/mol. The molecule has 1 aliphatic carbocycles. The fraction of sp³-hybridized carbons (Fsp3) is 0.533. The van der Waals surface area contributed by atoms with Crippen LogP contribution in [0, 0.1) is 5.92 Å². The summed E-state index contributed by atoms with van der Waals surface area (Å²) in [5, 5.41) is 8.71. The van der Waals surface area contributed by atoms with E-state index in [0.717, 1.165) is 18.0 Å². The Bertz CT molecular complexity index is 395. The predicted molar refractivity (Wildman–Crippen MR) is 71.5 cm³/mol. The second-order valence-electron chi connectivity index (χ2n) is 5.38. The molecular formula is C15H21NO2. The molecule has 18 heavy (non-hydrogen) atoms. The second kappa shape index (κ2) is 6.01. The van der Waals surface area contributed by atoms with Crippen molar-refractivity contribution in [3.05, 3.63) is 35.4 Å². The number of nitrogens with zero attached hydrogens (tertiary/aromatic N) is 1. The molecule has 2 rings (SSSR count). The Labute approximate surface area is 108 Å². The van der Waals surface area contributed by atoms with E-state index in [-0.39, 0.29) is 6.42 Å². The first-order chi connectivity index (χ1) is 8.63. The number of aliphatic carboxylic acids is 1. The van der Waals surface area contributed by atoms with Crippen LogP contribution in [0.15, 0.2) is 24.3 Å². The molecular weight excluding hydrogens is 226 g/mol. The molecule has 98 valence electrons. The van der Waals surface area contributed by atoms with Gasteiger partial charge in [0, 0.05) is 13.1 Å². The van der Waals surface area contributed by atoms with Crippen LogP contribution in [0.1, 0.15) is 30.4 Å². The quantitative estimate of drug-likeness (QED) is 0.840. The van der Waals surface area contributed by atoms with Crippen LogP contribution in [0.4, 0.5) is 0 Å². The van der Waals surface area contributed by atoms with Gasteiger partial charge in [0.2, 0.25) is 0 Å². The summed E-state index contributed by atoms with van der Waals surface area (Å²) in [4.78, 5) is 12.9. The number of rotatable bonds is 6. The number of hydrogen-bond acceptors (Lipinski definition) is 2. The van der Waals surface area contributed by atoms with Gasteiger partial charge in [0.1, 0.15) is 0 Å². The fourth-order valence-electron chi connectivity index (χ4n) is 2.43. The Morgan fingerprint density at radius 3 is 2.39 bits per heavy atom. The Hall–Kier alpha value is -1.35. The highest BCUT2D eigenvalue weighted by Crippen LogP contribution is 2.27. The number of carboxylic acid groups (broad SMARTS) is 1. The molecule has 3 nitrogen and oxygen atoms in total. The fourth-order valence-corrected chi connectivity index (χ4v) is 2.43. The van der Waals surface area contributed by atoms with Crippen molar-refractivity contribution >= 4 is 5.97 Å². The number of carboxylic acids is 1. The SMILES string of the molecule is CN(Cc1ccc(CC(=O)O)cc1)CC1CCC1. The van der Waals surface area contributed by atoms with E-state index in [4.69, 9.17) is 5.11 Å². The third-order valence-electron chi connectivity index (χ3n) is 3.63. The zero-order chi connectivity index (χ0) is 13.0. The molecule has 3 heteroatoms. The normalized spacial score (nSPS) is 15.7. The minimum Gasteiger partial charge on any atom is -0.481 e. The lowest BCUT2D eigenvalue weighted by molar-refractivity contribution is -0.136. The van der Waals surface area contributed by atoms with Crippen LogP contribution in [0.3, 0.4) is 0 Å². The molecule has 1 saturated carbocycles. The van der Waals surface area contributed by atoms with Gasteiger partial charge >= 0.3 is 5.97 Å². The van der Waals surface area contributed by atoms with Crippen molar-refractivity contribution in [2.24, 2.45) is 5.92 Å². The van der Waals surface area contributed by atoms with E-state index in [0.29, 0.717) is 0 Å². The Morgan fingerprint density at radius 1 is 1.28 bits per heavy atom. The molecule has 0 amide bonds. The van der Waals surface area contributed by atoms with Gasteiger partial charge in [0.15, 0.2) is 0 Å². The summed E-state index contributed by atoms with van der Waals surface area (Å²) in [6, 6.07) is 7.91. The maximum atomic E-state index is 10.6. The van der Waals surface area contributed by atoms with E-state index in [9.17, 15) is 4.79 Å². The van der Waals surface area contributed by atoms with Gasteiger partial charge in [-0.25, -0.2) is 0 Å². The summed E-state index contributed by atoms with van der Waals surface area (Å²) in [6.45, 7) is 2.13. The largest absolute Gasteiger partial charge is 0.481 e. The lowest BCUT2D eigenvalue weighted by Gasteiger charge is -2.30. The van der Waals surface area contributed by atoms with E-state index >= 15 is 0 Å². The van der Waals surface area contributed by atoms with E-state index in [1.165, 1.54) is 31.4 Å². The first kappa shape index (κ1) is 13.1.